The van der Waals surface area contributed by atoms with E-state index in [4.69, 9.17) is 22.6 Å². The fraction of sp³-hybridized carbons (Fsp3) is 0.569. The van der Waals surface area contributed by atoms with Crippen molar-refractivity contribution in [3.05, 3.63) is 65.7 Å². The van der Waals surface area contributed by atoms with Crippen molar-refractivity contribution >= 4 is 64.9 Å². The van der Waals surface area contributed by atoms with Gasteiger partial charge in [0, 0.05) is 18.7 Å². The molecular formula is C51H81N13O13. The molecule has 0 spiro atoms. The third-order valence-electron chi connectivity index (χ3n) is 12.3. The Bertz CT molecular complexity index is 2310. The van der Waals surface area contributed by atoms with Gasteiger partial charge in [0.15, 0.2) is 5.96 Å². The number of hydrogen-bond acceptors (Lipinski definition) is 15. The van der Waals surface area contributed by atoms with Crippen molar-refractivity contribution in [1.29, 1.82) is 5.41 Å². The Kier molecular flexibility index (Phi) is 28.1. The summed E-state index contributed by atoms with van der Waals surface area (Å²) in [7, 11) is 0. The predicted octanol–water partition coefficient (Wildman–Crippen LogP) is -3.28. The molecule has 428 valence electrons. The van der Waals surface area contributed by atoms with Gasteiger partial charge in [-0.2, -0.15) is 0 Å². The highest BCUT2D eigenvalue weighted by Gasteiger charge is 2.38. The first-order valence-corrected chi connectivity index (χ1v) is 25.5. The molecule has 11 atom stereocenters. The van der Waals surface area contributed by atoms with Gasteiger partial charge in [0.25, 0.3) is 0 Å². The van der Waals surface area contributed by atoms with Crippen molar-refractivity contribution in [2.45, 2.75) is 148 Å². The third kappa shape index (κ3) is 23.2. The molecule has 0 radical (unpaired) electrons. The van der Waals surface area contributed by atoms with Crippen molar-refractivity contribution < 1.29 is 63.6 Å². The maximum atomic E-state index is 14.3. The Balaban J connectivity index is 2.34. The molecule has 2 aromatic carbocycles. The first-order valence-electron chi connectivity index (χ1n) is 25.5. The van der Waals surface area contributed by atoms with Gasteiger partial charge < -0.3 is 85.5 Å². The van der Waals surface area contributed by atoms with Crippen LogP contribution in [0.2, 0.25) is 0 Å². The minimum Gasteiger partial charge on any atom is -0.480 e. The largest absolute Gasteiger partial charge is 0.480 e. The van der Waals surface area contributed by atoms with Gasteiger partial charge in [0.1, 0.15) is 42.3 Å². The van der Waals surface area contributed by atoms with Crippen LogP contribution >= 0.6 is 0 Å². The Labute approximate surface area is 448 Å². The second-order valence-corrected chi connectivity index (χ2v) is 19.7. The maximum absolute atomic E-state index is 14.3. The summed E-state index contributed by atoms with van der Waals surface area (Å²) in [6.07, 6.45) is -2.70. The Morgan fingerprint density at radius 3 is 1.74 bits per heavy atom. The Hall–Kier alpha value is -7.42. The van der Waals surface area contributed by atoms with Crippen molar-refractivity contribution in [2.75, 3.05) is 25.4 Å². The van der Waals surface area contributed by atoms with Gasteiger partial charge >= 0.3 is 5.97 Å². The second kappa shape index (κ2) is 32.9. The molecule has 0 bridgehead atoms. The van der Waals surface area contributed by atoms with E-state index in [2.05, 4.69) is 47.9 Å². The summed E-state index contributed by atoms with van der Waals surface area (Å²) >= 11 is 0. The van der Waals surface area contributed by atoms with Crippen LogP contribution in [0.15, 0.2) is 54.6 Å². The lowest BCUT2D eigenvalue weighted by atomic mass is 9.96. The van der Waals surface area contributed by atoms with Crippen LogP contribution in [-0.4, -0.2) is 160 Å². The highest BCUT2D eigenvalue weighted by atomic mass is 16.4. The van der Waals surface area contributed by atoms with E-state index >= 15 is 0 Å². The number of aliphatic hydroxyl groups is 3. The van der Waals surface area contributed by atoms with Crippen LogP contribution in [0.4, 0.5) is 5.69 Å². The summed E-state index contributed by atoms with van der Waals surface area (Å²) in [6.45, 7) is 9.69. The number of carboxylic acid groups (broad SMARTS) is 1. The first kappa shape index (κ1) is 65.7. The number of hydrogen-bond donors (Lipinski definition) is 17. The Morgan fingerprint density at radius 2 is 1.18 bits per heavy atom. The number of nitrogens with two attached hydrogens (primary N) is 3. The molecule has 26 heteroatoms. The number of anilines is 1. The molecule has 2 aromatic rings. The third-order valence-corrected chi connectivity index (χ3v) is 12.3. The van der Waals surface area contributed by atoms with Gasteiger partial charge in [-0.05, 0) is 73.6 Å². The van der Waals surface area contributed by atoms with E-state index in [1.54, 1.807) is 96.1 Å². The average Bonchev–Trinajstić information content (AvgIpc) is 3.36. The number of nitrogens with one attached hydrogen (secondary N) is 10. The number of carboxylic acids is 1. The predicted molar refractivity (Wildman–Crippen MR) is 285 cm³/mol. The van der Waals surface area contributed by atoms with Gasteiger partial charge in [-0.25, -0.2) is 4.79 Å². The van der Waals surface area contributed by atoms with Crippen LogP contribution in [0.1, 0.15) is 85.3 Å². The summed E-state index contributed by atoms with van der Waals surface area (Å²) < 4.78 is 0. The molecule has 20 N–H and O–H groups in total. The topological polar surface area (TPSA) is 445 Å². The van der Waals surface area contributed by atoms with Gasteiger partial charge in [0.05, 0.1) is 31.4 Å². The quantitative estimate of drug-likeness (QED) is 0.0144. The van der Waals surface area contributed by atoms with E-state index in [-0.39, 0.29) is 50.5 Å². The number of amides is 8. The number of guanidine groups is 1. The summed E-state index contributed by atoms with van der Waals surface area (Å²) in [5.74, 6) is -10.5. The molecule has 0 aliphatic heterocycles. The van der Waals surface area contributed by atoms with E-state index in [0.717, 1.165) is 0 Å². The highest BCUT2D eigenvalue weighted by molar-refractivity contribution is 5.98. The molecule has 26 nitrogen and oxygen atoms in total. The van der Waals surface area contributed by atoms with Crippen LogP contribution < -0.4 is 65.1 Å². The van der Waals surface area contributed by atoms with Crippen molar-refractivity contribution in [3.63, 3.8) is 0 Å². The second-order valence-electron chi connectivity index (χ2n) is 19.7. The van der Waals surface area contributed by atoms with Crippen LogP contribution in [0.5, 0.6) is 0 Å². The zero-order valence-electron chi connectivity index (χ0n) is 44.8. The maximum Gasteiger partial charge on any atom is 0.328 e. The first-order chi connectivity index (χ1) is 36.2. The highest BCUT2D eigenvalue weighted by Crippen LogP contribution is 2.15. The lowest BCUT2D eigenvalue weighted by Gasteiger charge is -2.31. The van der Waals surface area contributed by atoms with Crippen molar-refractivity contribution in [1.82, 2.24) is 47.9 Å². The molecule has 0 saturated carbocycles. The molecule has 0 fully saturated rings. The van der Waals surface area contributed by atoms with Crippen LogP contribution in [-0.2, 0) is 56.0 Å². The number of aliphatic carboxylic acids is 1. The molecular weight excluding hydrogens is 1000 g/mol. The van der Waals surface area contributed by atoms with E-state index in [9.17, 15) is 63.6 Å². The summed E-state index contributed by atoms with van der Waals surface area (Å²) in [5.41, 5.74) is 19.2. The Morgan fingerprint density at radius 1 is 0.623 bits per heavy atom. The van der Waals surface area contributed by atoms with Crippen LogP contribution in [0.3, 0.4) is 0 Å². The van der Waals surface area contributed by atoms with Crippen LogP contribution in [0.25, 0.3) is 0 Å². The zero-order valence-corrected chi connectivity index (χ0v) is 44.8. The number of rotatable bonds is 33. The standard InChI is InChI=1S/C51H81N13O13/c1-8-28(6)39(48(74)63-40(29(7)66)47(73)57-24-38(67)58-36(23-30-14-10-9-11-15-30)46(72)61-37(25-65)50(76)77)62-44(70)34(18-13-19-56-51(54)55)59-45(71)35(20-26(2)3)60-49(75)41(42(68)27(4)5)64-43(69)33(53)22-31-16-12-17-32(52)21-31/h9-12,14-17,21,26-29,33-37,39-42,65-66,68H,8,13,18-20,22-25,52-53H2,1-7H3,(H,57,73)(H,58,67)(H,59,71)(H,60,75)(H,61,72)(H,62,70)(H,63,74)(H,64,69)(H,76,77)(H4,54,55,56)/t28-,29-,33-,34+,35-,36-,37-,39-,40-,41-,42?/m0/s1. The van der Waals surface area contributed by atoms with E-state index in [1.807, 2.05) is 0 Å². The molecule has 0 aromatic heterocycles. The SMILES string of the molecule is CC[C@H](C)[C@H](NC(=O)[C@@H](CCCNC(=N)N)NC(=O)[C@H](CC(C)C)NC(=O)[C@@H](NC(=O)[C@@H](N)Cc1cccc(N)c1)C(O)C(C)C)C(=O)N[C@H](C(=O)NCC(=O)N[C@@H](Cc1ccccc1)C(=O)N[C@@H](CO)C(=O)O)[C@H](C)O. The van der Waals surface area contributed by atoms with Gasteiger partial charge in [0.2, 0.25) is 47.3 Å². The molecule has 2 rings (SSSR count). The minimum atomic E-state index is -1.71. The number of aliphatic hydroxyl groups excluding tert-OH is 3. The molecule has 0 aliphatic carbocycles. The molecule has 0 heterocycles. The lowest BCUT2D eigenvalue weighted by Crippen LogP contribution is -2.62. The smallest absolute Gasteiger partial charge is 0.328 e. The lowest BCUT2D eigenvalue weighted by molar-refractivity contribution is -0.143. The fourth-order valence-electron chi connectivity index (χ4n) is 7.70. The molecule has 0 aliphatic rings. The van der Waals surface area contributed by atoms with Gasteiger partial charge in [-0.3, -0.25) is 43.8 Å². The van der Waals surface area contributed by atoms with Crippen LogP contribution in [0, 0.1) is 23.2 Å². The van der Waals surface area contributed by atoms with E-state index < -0.39 is 139 Å². The molecule has 0 saturated heterocycles. The zero-order chi connectivity index (χ0) is 58.1. The van der Waals surface area contributed by atoms with Gasteiger partial charge in [-0.15, -0.1) is 0 Å². The van der Waals surface area contributed by atoms with E-state index in [1.165, 1.54) is 6.92 Å². The van der Waals surface area contributed by atoms with Crippen molar-refractivity contribution in [3.8, 4) is 0 Å². The number of nitrogen functional groups attached to an aromatic ring is 1. The molecule has 77 heavy (non-hydrogen) atoms. The van der Waals surface area contributed by atoms with Crippen molar-refractivity contribution in [2.24, 2.45) is 29.2 Å². The van der Waals surface area contributed by atoms with Gasteiger partial charge in [-0.1, -0.05) is 90.4 Å². The summed E-state index contributed by atoms with van der Waals surface area (Å²) in [5, 5.41) is 70.6. The number of carbonyl (C=O) groups is 9. The minimum absolute atomic E-state index is 0.0228. The monoisotopic (exact) mass is 1080 g/mol. The normalized spacial score (nSPS) is 15.5. The summed E-state index contributed by atoms with van der Waals surface area (Å²) in [4.78, 5) is 121. The van der Waals surface area contributed by atoms with E-state index in [0.29, 0.717) is 23.2 Å². The molecule has 1 unspecified atom stereocenters. The molecule has 8 amide bonds. The summed E-state index contributed by atoms with van der Waals surface area (Å²) in [6, 6.07) is 3.49. The fourth-order valence-corrected chi connectivity index (χ4v) is 7.70. The number of benzene rings is 2. The number of carbonyl (C=O) groups excluding carboxylic acids is 8. The average molecular weight is 1080 g/mol.